The molecule has 0 spiro atoms. The Kier molecular flexibility index (Phi) is 6.15. The molecule has 10 heteroatoms. The number of piperazine rings is 2. The van der Waals surface area contributed by atoms with Crippen LogP contribution >= 0.6 is 0 Å². The summed E-state index contributed by atoms with van der Waals surface area (Å²) >= 11 is 0. The first-order chi connectivity index (χ1) is 12.9. The summed E-state index contributed by atoms with van der Waals surface area (Å²) in [4.78, 5) is 16.3. The van der Waals surface area contributed by atoms with Crippen molar-refractivity contribution in [2.75, 3.05) is 59.4 Å². The van der Waals surface area contributed by atoms with E-state index in [1.165, 1.54) is 4.31 Å². The summed E-state index contributed by atoms with van der Waals surface area (Å²) in [5.74, 6) is 2.61. The zero-order valence-electron chi connectivity index (χ0n) is 15.9. The predicted octanol–water partition coefficient (Wildman–Crippen LogP) is -0.0215. The lowest BCUT2D eigenvalue weighted by Gasteiger charge is -2.39. The fourth-order valence-electron chi connectivity index (χ4n) is 3.48. The number of carbonyl (C=O) groups is 1. The summed E-state index contributed by atoms with van der Waals surface area (Å²) in [5, 5.41) is 8.10. The van der Waals surface area contributed by atoms with E-state index in [1.807, 2.05) is 7.05 Å². The monoisotopic (exact) mass is 396 g/mol. The average Bonchev–Trinajstić information content (AvgIpc) is 3.45. The molecule has 2 fully saturated rings. The molecule has 0 aromatic carbocycles. The number of nitrogens with zero attached hydrogens (tertiary/aromatic N) is 6. The summed E-state index contributed by atoms with van der Waals surface area (Å²) in [5.41, 5.74) is -0.450. The second kappa shape index (κ2) is 8.22. The smallest absolute Gasteiger partial charge is 0.282 e. The van der Waals surface area contributed by atoms with Crippen LogP contribution in [0.5, 0.6) is 0 Å². The van der Waals surface area contributed by atoms with Crippen LogP contribution in [0.3, 0.4) is 0 Å². The van der Waals surface area contributed by atoms with Gasteiger partial charge in [-0.1, -0.05) is 0 Å². The molecule has 1 amide bonds. The predicted molar refractivity (Wildman–Crippen MR) is 101 cm³/mol. The van der Waals surface area contributed by atoms with E-state index in [1.54, 1.807) is 9.21 Å². The molecule has 150 valence electrons. The molecule has 3 aliphatic heterocycles. The largest absolute Gasteiger partial charge is 0.340 e. The number of amides is 1. The average molecular weight is 397 g/mol. The summed E-state index contributed by atoms with van der Waals surface area (Å²) in [6.45, 7) is 4.07. The van der Waals surface area contributed by atoms with E-state index in [0.717, 1.165) is 13.1 Å². The van der Waals surface area contributed by atoms with Crippen molar-refractivity contribution in [2.24, 2.45) is 10.2 Å². The lowest BCUT2D eigenvalue weighted by molar-refractivity contribution is -0.132. The molecule has 0 aromatic heterocycles. The third-order valence-electron chi connectivity index (χ3n) is 5.50. The van der Waals surface area contributed by atoms with Crippen molar-refractivity contribution < 1.29 is 13.2 Å². The molecule has 0 aliphatic carbocycles. The van der Waals surface area contributed by atoms with Crippen molar-refractivity contribution >= 4 is 16.1 Å². The van der Waals surface area contributed by atoms with Gasteiger partial charge in [0.1, 0.15) is 0 Å². The van der Waals surface area contributed by atoms with Crippen LogP contribution in [0.15, 0.2) is 10.2 Å². The van der Waals surface area contributed by atoms with Gasteiger partial charge in [0.05, 0.1) is 0 Å². The topological polar surface area (TPSA) is 88.9 Å². The quantitative estimate of drug-likeness (QED) is 0.566. The molecule has 3 aliphatic rings. The molecule has 3 rings (SSSR count). The molecule has 0 unspecified atom stereocenters. The molecule has 0 atom stereocenters. The molecule has 9 nitrogen and oxygen atoms in total. The van der Waals surface area contributed by atoms with Crippen LogP contribution in [0, 0.1) is 12.3 Å². The summed E-state index contributed by atoms with van der Waals surface area (Å²) in [7, 11) is -1.45. The molecule has 0 saturated carbocycles. The highest BCUT2D eigenvalue weighted by Gasteiger charge is 2.40. The van der Waals surface area contributed by atoms with Gasteiger partial charge in [-0.05, 0) is 7.05 Å². The molecule has 0 N–H and O–H groups in total. The van der Waals surface area contributed by atoms with Crippen LogP contribution in [0.1, 0.15) is 25.7 Å². The lowest BCUT2D eigenvalue weighted by atomic mass is 10.0. The molecule has 3 heterocycles. The SMILES string of the molecule is C#CCCC1(CCC(=O)N2CCN(S(=O)(=O)N3CCN(C)CC3)CC2)N=N1. The maximum absolute atomic E-state index is 12.8. The molecule has 27 heavy (non-hydrogen) atoms. The Balaban J connectivity index is 1.44. The third kappa shape index (κ3) is 4.85. The molecule has 0 aromatic rings. The van der Waals surface area contributed by atoms with E-state index < -0.39 is 15.9 Å². The van der Waals surface area contributed by atoms with E-state index >= 15 is 0 Å². The fourth-order valence-corrected chi connectivity index (χ4v) is 5.06. The first-order valence-electron chi connectivity index (χ1n) is 9.45. The van der Waals surface area contributed by atoms with E-state index in [-0.39, 0.29) is 5.91 Å². The maximum atomic E-state index is 12.8. The van der Waals surface area contributed by atoms with Gasteiger partial charge >= 0.3 is 0 Å². The van der Waals surface area contributed by atoms with Gasteiger partial charge in [0.2, 0.25) is 5.91 Å². The zero-order chi connectivity index (χ0) is 19.5. The number of hydrogen-bond donors (Lipinski definition) is 0. The van der Waals surface area contributed by atoms with Crippen LogP contribution < -0.4 is 0 Å². The Morgan fingerprint density at radius 3 is 2.07 bits per heavy atom. The molecule has 0 bridgehead atoms. The maximum Gasteiger partial charge on any atom is 0.282 e. The Hall–Kier alpha value is -1.54. The van der Waals surface area contributed by atoms with Crippen LogP contribution in [0.2, 0.25) is 0 Å². The normalized spacial score (nSPS) is 23.9. The van der Waals surface area contributed by atoms with E-state index in [2.05, 4.69) is 21.0 Å². The highest BCUT2D eigenvalue weighted by molar-refractivity contribution is 7.86. The van der Waals surface area contributed by atoms with E-state index in [0.29, 0.717) is 65.0 Å². The second-order valence-corrected chi connectivity index (χ2v) is 9.30. The van der Waals surface area contributed by atoms with Crippen molar-refractivity contribution in [1.82, 2.24) is 18.4 Å². The standard InChI is InChI=1S/C17H28N6O3S/c1-3-4-6-17(18-19-17)7-5-16(24)21-10-14-23(15-11-21)27(25,26)22-12-8-20(2)9-13-22/h1H,4-15H2,2H3. The van der Waals surface area contributed by atoms with Crippen LogP contribution in [0.4, 0.5) is 0 Å². The highest BCUT2D eigenvalue weighted by atomic mass is 32.2. The molecule has 0 radical (unpaired) electrons. The second-order valence-electron chi connectivity index (χ2n) is 7.38. The van der Waals surface area contributed by atoms with Gasteiger partial charge in [0.25, 0.3) is 10.2 Å². The first kappa shape index (κ1) is 20.2. The fraction of sp³-hybridized carbons (Fsp3) is 0.824. The van der Waals surface area contributed by atoms with Crippen molar-refractivity contribution in [1.29, 1.82) is 0 Å². The van der Waals surface area contributed by atoms with E-state index in [9.17, 15) is 13.2 Å². The number of rotatable bonds is 7. The summed E-state index contributed by atoms with van der Waals surface area (Å²) in [6.07, 6.45) is 7.51. The number of likely N-dealkylation sites (N-methyl/N-ethyl adjacent to an activating group) is 1. The van der Waals surface area contributed by atoms with Crippen LogP contribution in [-0.4, -0.2) is 97.8 Å². The minimum atomic E-state index is -3.44. The van der Waals surface area contributed by atoms with Gasteiger partial charge in [-0.3, -0.25) is 4.79 Å². The minimum Gasteiger partial charge on any atom is -0.340 e. The van der Waals surface area contributed by atoms with Crippen molar-refractivity contribution in [2.45, 2.75) is 31.3 Å². The number of terminal acetylenes is 1. The highest BCUT2D eigenvalue weighted by Crippen LogP contribution is 2.37. The van der Waals surface area contributed by atoms with Gasteiger partial charge in [-0.2, -0.15) is 27.3 Å². The third-order valence-corrected chi connectivity index (χ3v) is 7.53. The zero-order valence-corrected chi connectivity index (χ0v) is 16.7. The van der Waals surface area contributed by atoms with E-state index in [4.69, 9.17) is 6.42 Å². The number of carbonyl (C=O) groups excluding carboxylic acids is 1. The van der Waals surface area contributed by atoms with Crippen LogP contribution in [0.25, 0.3) is 0 Å². The van der Waals surface area contributed by atoms with Gasteiger partial charge in [0.15, 0.2) is 5.66 Å². The van der Waals surface area contributed by atoms with Gasteiger partial charge in [-0.25, -0.2) is 0 Å². The van der Waals surface area contributed by atoms with Crippen LogP contribution in [-0.2, 0) is 15.0 Å². The Labute approximate surface area is 161 Å². The Bertz CT molecular complexity index is 709. The van der Waals surface area contributed by atoms with Crippen molar-refractivity contribution in [3.8, 4) is 12.3 Å². The molecular formula is C17H28N6O3S. The van der Waals surface area contributed by atoms with Gasteiger partial charge in [-0.15, -0.1) is 12.3 Å². The van der Waals surface area contributed by atoms with Gasteiger partial charge < -0.3 is 9.80 Å². The van der Waals surface area contributed by atoms with Crippen molar-refractivity contribution in [3.63, 3.8) is 0 Å². The minimum absolute atomic E-state index is 0.0315. The lowest BCUT2D eigenvalue weighted by Crippen LogP contribution is -2.57. The Morgan fingerprint density at radius 2 is 1.56 bits per heavy atom. The summed E-state index contributed by atoms with van der Waals surface area (Å²) < 4.78 is 28.6. The molecule has 2 saturated heterocycles. The Morgan fingerprint density at radius 1 is 1.00 bits per heavy atom. The first-order valence-corrected chi connectivity index (χ1v) is 10.9. The van der Waals surface area contributed by atoms with Crippen molar-refractivity contribution in [3.05, 3.63) is 0 Å². The number of hydrogen-bond acceptors (Lipinski definition) is 6. The van der Waals surface area contributed by atoms with Gasteiger partial charge in [0, 0.05) is 78.0 Å². The summed E-state index contributed by atoms with van der Waals surface area (Å²) in [6, 6.07) is 0. The molecular weight excluding hydrogens is 368 g/mol.